The Morgan fingerprint density at radius 2 is 2.05 bits per heavy atom. The number of hydrogen-bond acceptors (Lipinski definition) is 3. The van der Waals surface area contributed by atoms with Crippen LogP contribution in [0.2, 0.25) is 0 Å². The van der Waals surface area contributed by atoms with E-state index >= 15 is 0 Å². The van der Waals surface area contributed by atoms with Crippen LogP contribution in [0.1, 0.15) is 50.2 Å². The van der Waals surface area contributed by atoms with Gasteiger partial charge in [0.15, 0.2) is 0 Å². The Bertz CT molecular complexity index is 373. The summed E-state index contributed by atoms with van der Waals surface area (Å²) in [5.41, 5.74) is 1.19. The standard InChI is InChI=1S/C16H28N2S/c1-12(2)9-17-10-15-7-5-4-6-14(15)8-16-18-13(3)11-19-16/h11-12,14-15,17H,4-10H2,1-3H3. The smallest absolute Gasteiger partial charge is 0.0930 e. The Labute approximate surface area is 122 Å². The van der Waals surface area contributed by atoms with E-state index in [1.807, 2.05) is 11.3 Å². The van der Waals surface area contributed by atoms with E-state index in [1.54, 1.807) is 0 Å². The quantitative estimate of drug-likeness (QED) is 0.850. The van der Waals surface area contributed by atoms with E-state index in [9.17, 15) is 0 Å². The number of aryl methyl sites for hydroxylation is 1. The van der Waals surface area contributed by atoms with Gasteiger partial charge in [-0.05, 0) is 50.6 Å². The summed E-state index contributed by atoms with van der Waals surface area (Å²) in [7, 11) is 0. The van der Waals surface area contributed by atoms with Gasteiger partial charge in [-0.1, -0.05) is 26.7 Å². The highest BCUT2D eigenvalue weighted by atomic mass is 32.1. The van der Waals surface area contributed by atoms with Crippen LogP contribution < -0.4 is 5.32 Å². The lowest BCUT2D eigenvalue weighted by Crippen LogP contribution is -2.33. The molecule has 0 saturated heterocycles. The summed E-state index contributed by atoms with van der Waals surface area (Å²) in [6.07, 6.45) is 6.83. The lowest BCUT2D eigenvalue weighted by atomic mass is 9.77. The van der Waals surface area contributed by atoms with Gasteiger partial charge in [-0.25, -0.2) is 4.98 Å². The third-order valence-corrected chi connectivity index (χ3v) is 5.12. The number of aromatic nitrogens is 1. The van der Waals surface area contributed by atoms with Gasteiger partial charge in [-0.3, -0.25) is 0 Å². The molecule has 1 heterocycles. The molecule has 108 valence electrons. The molecule has 1 aliphatic rings. The van der Waals surface area contributed by atoms with E-state index in [0.717, 1.165) is 24.3 Å². The second-order valence-corrected chi connectivity index (χ2v) is 7.39. The Kier molecular flexibility index (Phi) is 5.83. The zero-order chi connectivity index (χ0) is 13.7. The van der Waals surface area contributed by atoms with Crippen molar-refractivity contribution in [3.8, 4) is 0 Å². The van der Waals surface area contributed by atoms with E-state index < -0.39 is 0 Å². The Balaban J connectivity index is 1.84. The zero-order valence-corrected chi connectivity index (χ0v) is 13.4. The number of thiazole rings is 1. The molecule has 19 heavy (non-hydrogen) atoms. The maximum atomic E-state index is 4.65. The first-order valence-electron chi connectivity index (χ1n) is 7.77. The molecule has 0 aliphatic heterocycles. The van der Waals surface area contributed by atoms with Gasteiger partial charge >= 0.3 is 0 Å². The van der Waals surface area contributed by atoms with Crippen molar-refractivity contribution in [1.82, 2.24) is 10.3 Å². The third kappa shape index (κ3) is 4.88. The fourth-order valence-electron chi connectivity index (χ4n) is 3.10. The van der Waals surface area contributed by atoms with Crippen molar-refractivity contribution in [3.05, 3.63) is 16.1 Å². The second-order valence-electron chi connectivity index (χ2n) is 6.44. The molecule has 0 aromatic carbocycles. The maximum absolute atomic E-state index is 4.65. The van der Waals surface area contributed by atoms with Crippen molar-refractivity contribution in [2.75, 3.05) is 13.1 Å². The molecule has 1 aromatic heterocycles. The number of rotatable bonds is 6. The highest BCUT2D eigenvalue weighted by Gasteiger charge is 2.25. The highest BCUT2D eigenvalue weighted by Crippen LogP contribution is 2.32. The maximum Gasteiger partial charge on any atom is 0.0930 e. The van der Waals surface area contributed by atoms with Crippen molar-refractivity contribution in [2.45, 2.75) is 52.9 Å². The van der Waals surface area contributed by atoms with Crippen molar-refractivity contribution in [1.29, 1.82) is 0 Å². The summed E-state index contributed by atoms with van der Waals surface area (Å²) in [6, 6.07) is 0. The minimum Gasteiger partial charge on any atom is -0.316 e. The molecule has 1 aromatic rings. The normalized spacial score (nSPS) is 24.0. The monoisotopic (exact) mass is 280 g/mol. The molecule has 1 N–H and O–H groups in total. The van der Waals surface area contributed by atoms with E-state index in [0.29, 0.717) is 0 Å². The van der Waals surface area contributed by atoms with E-state index in [-0.39, 0.29) is 0 Å². The van der Waals surface area contributed by atoms with Gasteiger partial charge in [0.2, 0.25) is 0 Å². The van der Waals surface area contributed by atoms with Crippen LogP contribution in [-0.2, 0) is 6.42 Å². The summed E-state index contributed by atoms with van der Waals surface area (Å²) < 4.78 is 0. The minimum absolute atomic E-state index is 0.753. The number of hydrogen-bond donors (Lipinski definition) is 1. The summed E-state index contributed by atoms with van der Waals surface area (Å²) in [4.78, 5) is 4.65. The molecule has 1 saturated carbocycles. The van der Waals surface area contributed by atoms with Crippen LogP contribution in [0.15, 0.2) is 5.38 Å². The third-order valence-electron chi connectivity index (χ3n) is 4.13. The predicted molar refractivity (Wildman–Crippen MR) is 83.7 cm³/mol. The molecule has 0 bridgehead atoms. The van der Waals surface area contributed by atoms with Gasteiger partial charge in [-0.2, -0.15) is 0 Å². The Morgan fingerprint density at radius 3 is 2.68 bits per heavy atom. The SMILES string of the molecule is Cc1csc(CC2CCCCC2CNCC(C)C)n1. The van der Waals surface area contributed by atoms with Gasteiger partial charge in [0.05, 0.1) is 5.01 Å². The average Bonchev–Trinajstić information content (AvgIpc) is 2.77. The number of nitrogens with zero attached hydrogens (tertiary/aromatic N) is 1. The topological polar surface area (TPSA) is 24.9 Å². The van der Waals surface area contributed by atoms with Gasteiger partial charge < -0.3 is 5.32 Å². The van der Waals surface area contributed by atoms with Crippen molar-refractivity contribution in [3.63, 3.8) is 0 Å². The molecule has 2 atom stereocenters. The van der Waals surface area contributed by atoms with E-state index in [1.165, 1.54) is 49.4 Å². The first-order chi connectivity index (χ1) is 9.15. The Morgan fingerprint density at radius 1 is 1.32 bits per heavy atom. The van der Waals surface area contributed by atoms with Gasteiger partial charge in [0.25, 0.3) is 0 Å². The molecule has 0 spiro atoms. The van der Waals surface area contributed by atoms with Crippen molar-refractivity contribution >= 4 is 11.3 Å². The van der Waals surface area contributed by atoms with Crippen LogP contribution in [-0.4, -0.2) is 18.1 Å². The van der Waals surface area contributed by atoms with Crippen molar-refractivity contribution < 1.29 is 0 Å². The average molecular weight is 280 g/mol. The summed E-state index contributed by atoms with van der Waals surface area (Å²) in [6.45, 7) is 9.02. The molecule has 1 aliphatic carbocycles. The molecule has 3 heteroatoms. The van der Waals surface area contributed by atoms with E-state index in [4.69, 9.17) is 0 Å². The van der Waals surface area contributed by atoms with Crippen LogP contribution in [0, 0.1) is 24.7 Å². The lowest BCUT2D eigenvalue weighted by Gasteiger charge is -2.31. The zero-order valence-electron chi connectivity index (χ0n) is 12.6. The lowest BCUT2D eigenvalue weighted by molar-refractivity contribution is 0.226. The number of nitrogens with one attached hydrogen (secondary N) is 1. The predicted octanol–water partition coefficient (Wildman–Crippen LogP) is 4.05. The molecule has 2 unspecified atom stereocenters. The largest absolute Gasteiger partial charge is 0.316 e. The Hall–Kier alpha value is -0.410. The minimum atomic E-state index is 0.753. The molecule has 0 amide bonds. The molecule has 1 fully saturated rings. The molecule has 2 rings (SSSR count). The van der Waals surface area contributed by atoms with Crippen LogP contribution in [0.25, 0.3) is 0 Å². The first-order valence-corrected chi connectivity index (χ1v) is 8.65. The molecular weight excluding hydrogens is 252 g/mol. The fraction of sp³-hybridized carbons (Fsp3) is 0.812. The summed E-state index contributed by atoms with van der Waals surface area (Å²) in [5, 5.41) is 7.19. The van der Waals surface area contributed by atoms with Crippen LogP contribution in [0.4, 0.5) is 0 Å². The highest BCUT2D eigenvalue weighted by molar-refractivity contribution is 7.09. The van der Waals surface area contributed by atoms with Crippen LogP contribution in [0.5, 0.6) is 0 Å². The summed E-state index contributed by atoms with van der Waals surface area (Å²) >= 11 is 1.84. The fourth-order valence-corrected chi connectivity index (χ4v) is 3.97. The first kappa shape index (κ1) is 15.0. The van der Waals surface area contributed by atoms with Crippen LogP contribution >= 0.6 is 11.3 Å². The second kappa shape index (κ2) is 7.39. The van der Waals surface area contributed by atoms with Crippen molar-refractivity contribution in [2.24, 2.45) is 17.8 Å². The van der Waals surface area contributed by atoms with Gasteiger partial charge in [-0.15, -0.1) is 11.3 Å². The molecular formula is C16H28N2S. The van der Waals surface area contributed by atoms with E-state index in [2.05, 4.69) is 36.5 Å². The van der Waals surface area contributed by atoms with Gasteiger partial charge in [0, 0.05) is 17.5 Å². The molecule has 0 radical (unpaired) electrons. The van der Waals surface area contributed by atoms with Gasteiger partial charge in [0.1, 0.15) is 0 Å². The summed E-state index contributed by atoms with van der Waals surface area (Å²) in [5.74, 6) is 2.46. The van der Waals surface area contributed by atoms with Crippen LogP contribution in [0.3, 0.4) is 0 Å². The molecule has 2 nitrogen and oxygen atoms in total.